The fourth-order valence-corrected chi connectivity index (χ4v) is 2.56. The Morgan fingerprint density at radius 1 is 1.26 bits per heavy atom. The highest BCUT2D eigenvalue weighted by atomic mass is 79.9. The molecule has 112 valence electrons. The van der Waals surface area contributed by atoms with Crippen LogP contribution in [-0.4, -0.2) is 21.1 Å². The van der Waals surface area contributed by atoms with E-state index in [1.807, 2.05) is 36.4 Å². The fraction of sp³-hybridized carbons (Fsp3) is 0. The van der Waals surface area contributed by atoms with Crippen LogP contribution in [0.2, 0.25) is 0 Å². The molecule has 0 amide bonds. The van der Waals surface area contributed by atoms with Crippen molar-refractivity contribution >= 4 is 34.4 Å². The number of aromatic nitrogens is 3. The monoisotopic (exact) mass is 383 g/mol. The highest BCUT2D eigenvalue weighted by Gasteiger charge is 2.08. The molecule has 0 bridgehead atoms. The second-order valence-electron chi connectivity index (χ2n) is 4.65. The van der Waals surface area contributed by atoms with E-state index in [1.54, 1.807) is 23.0 Å². The molecule has 0 radical (unpaired) electrons. The number of nitriles is 1. The van der Waals surface area contributed by atoms with Crippen LogP contribution in [0.5, 0.6) is 0 Å². The summed E-state index contributed by atoms with van der Waals surface area (Å²) in [5.74, 6) is 0.626. The van der Waals surface area contributed by atoms with E-state index in [-0.39, 0.29) is 0 Å². The van der Waals surface area contributed by atoms with Gasteiger partial charge in [-0.3, -0.25) is 0 Å². The molecule has 0 aliphatic rings. The number of aromatic amines is 1. The van der Waals surface area contributed by atoms with E-state index in [0.29, 0.717) is 16.2 Å². The number of rotatable bonds is 3. The Morgan fingerprint density at radius 3 is 2.74 bits per heavy atom. The molecule has 3 rings (SSSR count). The van der Waals surface area contributed by atoms with Crippen molar-refractivity contribution in [1.29, 1.82) is 5.26 Å². The summed E-state index contributed by atoms with van der Waals surface area (Å²) in [7, 11) is 0. The first-order chi connectivity index (χ1) is 11.2. The Kier molecular flexibility index (Phi) is 4.46. The van der Waals surface area contributed by atoms with Crippen LogP contribution in [0.25, 0.3) is 11.4 Å². The predicted octanol–water partition coefficient (Wildman–Crippen LogP) is 4.12. The van der Waals surface area contributed by atoms with Crippen molar-refractivity contribution in [2.24, 2.45) is 5.10 Å². The van der Waals surface area contributed by atoms with Gasteiger partial charge in [0.05, 0.1) is 17.8 Å². The first-order valence-electron chi connectivity index (χ1n) is 6.65. The fourth-order valence-electron chi connectivity index (χ4n) is 1.98. The van der Waals surface area contributed by atoms with Crippen molar-refractivity contribution in [3.63, 3.8) is 0 Å². The molecule has 0 fully saturated rings. The zero-order valence-electron chi connectivity index (χ0n) is 11.8. The van der Waals surface area contributed by atoms with Crippen molar-refractivity contribution in [3.05, 3.63) is 68.9 Å². The quantitative estimate of drug-likeness (QED) is 0.546. The van der Waals surface area contributed by atoms with Gasteiger partial charge in [-0.25, -0.2) is 5.10 Å². The average Bonchev–Trinajstić information content (AvgIpc) is 2.94. The Labute approximate surface area is 146 Å². The number of benzene rings is 2. The number of halogens is 1. The zero-order chi connectivity index (χ0) is 16.2. The van der Waals surface area contributed by atoms with Crippen molar-refractivity contribution in [2.45, 2.75) is 0 Å². The summed E-state index contributed by atoms with van der Waals surface area (Å²) in [5.41, 5.74) is 2.37. The molecule has 3 aromatic rings. The Balaban J connectivity index is 1.97. The molecule has 0 saturated carbocycles. The molecule has 1 N–H and O–H groups in total. The summed E-state index contributed by atoms with van der Waals surface area (Å²) in [5, 5.41) is 20.2. The Hall–Kier alpha value is -2.56. The Bertz CT molecular complexity index is 963. The molecule has 0 aliphatic heterocycles. The number of nitrogens with one attached hydrogen (secondary N) is 1. The minimum absolute atomic E-state index is 0.407. The first kappa shape index (κ1) is 15.3. The van der Waals surface area contributed by atoms with E-state index < -0.39 is 0 Å². The summed E-state index contributed by atoms with van der Waals surface area (Å²) in [6, 6.07) is 17.0. The van der Waals surface area contributed by atoms with Crippen LogP contribution in [0.15, 0.2) is 58.1 Å². The van der Waals surface area contributed by atoms with Gasteiger partial charge in [0.2, 0.25) is 4.77 Å². The number of nitrogens with zero attached hydrogens (tertiary/aromatic N) is 4. The van der Waals surface area contributed by atoms with E-state index in [4.69, 9.17) is 17.5 Å². The number of hydrogen-bond donors (Lipinski definition) is 1. The highest BCUT2D eigenvalue weighted by Crippen LogP contribution is 2.21. The van der Waals surface area contributed by atoms with Crippen molar-refractivity contribution in [2.75, 3.05) is 0 Å². The van der Waals surface area contributed by atoms with Gasteiger partial charge in [0.15, 0.2) is 5.82 Å². The maximum atomic E-state index is 8.81. The summed E-state index contributed by atoms with van der Waals surface area (Å²) in [4.78, 5) is 0. The number of hydrogen-bond acceptors (Lipinski definition) is 4. The molecule has 0 unspecified atom stereocenters. The lowest BCUT2D eigenvalue weighted by Gasteiger charge is -2.01. The molecule has 1 heterocycles. The van der Waals surface area contributed by atoms with Crippen LogP contribution in [0.3, 0.4) is 0 Å². The maximum absolute atomic E-state index is 8.81. The maximum Gasteiger partial charge on any atom is 0.216 e. The van der Waals surface area contributed by atoms with E-state index in [2.05, 4.69) is 37.3 Å². The third-order valence-electron chi connectivity index (χ3n) is 3.10. The summed E-state index contributed by atoms with van der Waals surface area (Å²) < 4.78 is 2.92. The molecule has 0 atom stereocenters. The summed E-state index contributed by atoms with van der Waals surface area (Å²) >= 11 is 8.68. The van der Waals surface area contributed by atoms with Crippen LogP contribution in [-0.2, 0) is 0 Å². The van der Waals surface area contributed by atoms with Gasteiger partial charge in [0, 0.05) is 10.0 Å². The molecule has 1 aromatic heterocycles. The second kappa shape index (κ2) is 6.69. The number of H-pyrrole nitrogens is 1. The van der Waals surface area contributed by atoms with Crippen LogP contribution in [0, 0.1) is 16.1 Å². The predicted molar refractivity (Wildman–Crippen MR) is 94.7 cm³/mol. The largest absolute Gasteiger partial charge is 0.250 e. The lowest BCUT2D eigenvalue weighted by atomic mass is 10.2. The topological polar surface area (TPSA) is 69.8 Å². The van der Waals surface area contributed by atoms with Crippen molar-refractivity contribution < 1.29 is 0 Å². The van der Waals surface area contributed by atoms with Crippen LogP contribution in [0.1, 0.15) is 11.1 Å². The van der Waals surface area contributed by atoms with Gasteiger partial charge in [-0.15, -0.1) is 0 Å². The first-order valence-corrected chi connectivity index (χ1v) is 7.85. The normalized spacial score (nSPS) is 10.8. The zero-order valence-corrected chi connectivity index (χ0v) is 14.2. The van der Waals surface area contributed by atoms with E-state index >= 15 is 0 Å². The van der Waals surface area contributed by atoms with Crippen molar-refractivity contribution in [1.82, 2.24) is 14.9 Å². The molecule has 0 saturated heterocycles. The molecule has 0 aliphatic carbocycles. The van der Waals surface area contributed by atoms with Crippen LogP contribution >= 0.6 is 28.1 Å². The Morgan fingerprint density at radius 2 is 2.04 bits per heavy atom. The molecular weight excluding hydrogens is 374 g/mol. The van der Waals surface area contributed by atoms with Crippen LogP contribution in [0.4, 0.5) is 0 Å². The lowest BCUT2D eigenvalue weighted by Crippen LogP contribution is -1.95. The van der Waals surface area contributed by atoms with Gasteiger partial charge in [-0.1, -0.05) is 40.2 Å². The minimum Gasteiger partial charge on any atom is -0.250 e. The lowest BCUT2D eigenvalue weighted by molar-refractivity contribution is 0.871. The van der Waals surface area contributed by atoms with E-state index in [9.17, 15) is 0 Å². The SMILES string of the molecule is N#Cc1ccc(/C=N\n2c(-c3cccc(Br)c3)n[nH]c2=S)cc1. The van der Waals surface area contributed by atoms with E-state index in [1.165, 1.54) is 0 Å². The average molecular weight is 384 g/mol. The highest BCUT2D eigenvalue weighted by molar-refractivity contribution is 9.10. The summed E-state index contributed by atoms with van der Waals surface area (Å²) in [6.07, 6.45) is 1.67. The molecule has 2 aromatic carbocycles. The molecule has 0 spiro atoms. The van der Waals surface area contributed by atoms with Crippen LogP contribution < -0.4 is 0 Å². The molecule has 23 heavy (non-hydrogen) atoms. The van der Waals surface area contributed by atoms with Gasteiger partial charge >= 0.3 is 0 Å². The van der Waals surface area contributed by atoms with E-state index in [0.717, 1.165) is 15.6 Å². The standard InChI is InChI=1S/C16H10BrN5S/c17-14-3-1-2-13(8-14)15-20-21-16(23)22(15)19-10-12-6-4-11(9-18)5-7-12/h1-8,10H,(H,21,23)/b19-10-. The third-order valence-corrected chi connectivity index (χ3v) is 3.85. The van der Waals surface area contributed by atoms with Gasteiger partial charge in [0.25, 0.3) is 0 Å². The molecule has 5 nitrogen and oxygen atoms in total. The van der Waals surface area contributed by atoms with Gasteiger partial charge in [-0.2, -0.15) is 20.1 Å². The smallest absolute Gasteiger partial charge is 0.216 e. The molecule has 7 heteroatoms. The van der Waals surface area contributed by atoms with Gasteiger partial charge in [-0.05, 0) is 42.0 Å². The van der Waals surface area contributed by atoms with Gasteiger partial charge in [0.1, 0.15) is 0 Å². The third kappa shape index (κ3) is 3.44. The molecular formula is C16H10BrN5S. The summed E-state index contributed by atoms with van der Waals surface area (Å²) in [6.45, 7) is 0. The van der Waals surface area contributed by atoms with Gasteiger partial charge < -0.3 is 0 Å². The minimum atomic E-state index is 0.407. The van der Waals surface area contributed by atoms with Crippen molar-refractivity contribution in [3.8, 4) is 17.5 Å². The second-order valence-corrected chi connectivity index (χ2v) is 5.96.